The van der Waals surface area contributed by atoms with E-state index in [9.17, 15) is 19.2 Å². The lowest BCUT2D eigenvalue weighted by atomic mass is 9.92. The standard InChI is InChI=1S/C59H67N9O6S/c1-38-40(41-25-27-50(61-53(41)57(72)74-59(2,3)4)68-31-29-39-17-14-19-42(45(39)37-68)55(70)63-58-60-46-21-10-11-24-49(46)75-58)18-16-23-48(38)73-36-13-9-7-6-8-12-30-66-32-34-67(35-33-66)47-22-15-20-43-52(64-65(5)54(43)47)44-26-28-51(69)62-56(44)71/h10-11,14-25,27,44H,6-9,12-13,26,28-37H2,1-5H3,(H,60,63,70)(H,62,69,71). The Bertz CT molecular complexity index is 3230. The van der Waals surface area contributed by atoms with Crippen molar-refractivity contribution in [1.29, 1.82) is 0 Å². The lowest BCUT2D eigenvalue weighted by Crippen LogP contribution is -2.46. The van der Waals surface area contributed by atoms with Crippen LogP contribution in [0.1, 0.15) is 121 Å². The molecule has 1 atom stereocenters. The fourth-order valence-corrected chi connectivity index (χ4v) is 11.7. The van der Waals surface area contributed by atoms with Gasteiger partial charge >= 0.3 is 5.97 Å². The van der Waals surface area contributed by atoms with Crippen LogP contribution in [0.25, 0.3) is 32.2 Å². The summed E-state index contributed by atoms with van der Waals surface area (Å²) >= 11 is 1.45. The van der Waals surface area contributed by atoms with Gasteiger partial charge in [0.15, 0.2) is 10.8 Å². The third-order valence-corrected chi connectivity index (χ3v) is 15.6. The second-order valence-electron chi connectivity index (χ2n) is 21.0. The van der Waals surface area contributed by atoms with Crippen LogP contribution < -0.4 is 25.2 Å². The molecule has 2 fully saturated rings. The molecule has 0 bridgehead atoms. The average molecular weight is 1030 g/mol. The molecule has 3 amide bonds. The first kappa shape index (κ1) is 51.3. The molecule has 7 aromatic rings. The zero-order valence-electron chi connectivity index (χ0n) is 43.7. The molecule has 0 aliphatic carbocycles. The zero-order valence-corrected chi connectivity index (χ0v) is 44.6. The predicted octanol–water partition coefficient (Wildman–Crippen LogP) is 10.4. The number of pyridine rings is 1. The van der Waals surface area contributed by atoms with Crippen LogP contribution in [0.5, 0.6) is 5.75 Å². The minimum Gasteiger partial charge on any atom is -0.493 e. The molecule has 6 heterocycles. The van der Waals surface area contributed by atoms with Gasteiger partial charge in [0.25, 0.3) is 5.91 Å². The SMILES string of the molecule is Cc1c(OCCCCCCCCN2CCN(c3cccc4c(C5CCC(=O)NC5=O)nn(C)c34)CC2)cccc1-c1ccc(N2CCc3cccc(C(=O)Nc4nc5ccccc5s4)c3C2)nc1C(=O)OC(C)(C)C. The first-order valence-electron chi connectivity index (χ1n) is 26.5. The van der Waals surface area contributed by atoms with Gasteiger partial charge in [0.05, 0.1) is 39.6 Å². The van der Waals surface area contributed by atoms with Crippen LogP contribution in [-0.4, -0.2) is 99.8 Å². The second-order valence-corrected chi connectivity index (χ2v) is 22.1. The number of carbonyl (C=O) groups is 4. The summed E-state index contributed by atoms with van der Waals surface area (Å²) in [5.74, 6) is -0.175. The van der Waals surface area contributed by atoms with Crippen LogP contribution in [0.15, 0.2) is 91.0 Å². The Morgan fingerprint density at radius 3 is 2.37 bits per heavy atom. The van der Waals surface area contributed by atoms with Crippen molar-refractivity contribution in [2.75, 3.05) is 61.0 Å². The summed E-state index contributed by atoms with van der Waals surface area (Å²) in [5, 5.41) is 11.9. The van der Waals surface area contributed by atoms with Crippen molar-refractivity contribution in [3.8, 4) is 16.9 Å². The first-order valence-corrected chi connectivity index (χ1v) is 27.4. The fraction of sp³-hybridized carbons (Fsp3) is 0.407. The van der Waals surface area contributed by atoms with Gasteiger partial charge in [-0.1, -0.05) is 85.6 Å². The second kappa shape index (κ2) is 22.4. The summed E-state index contributed by atoms with van der Waals surface area (Å²) in [6, 6.07) is 29.8. The molecule has 16 heteroatoms. The summed E-state index contributed by atoms with van der Waals surface area (Å²) in [4.78, 5) is 69.1. The maximum absolute atomic E-state index is 14.0. The Morgan fingerprint density at radius 1 is 0.800 bits per heavy atom. The van der Waals surface area contributed by atoms with Crippen molar-refractivity contribution in [3.63, 3.8) is 0 Å². The number of amides is 3. The smallest absolute Gasteiger partial charge is 0.358 e. The fourth-order valence-electron chi connectivity index (χ4n) is 10.8. The van der Waals surface area contributed by atoms with E-state index in [1.165, 1.54) is 30.6 Å². The quantitative estimate of drug-likeness (QED) is 0.0505. The summed E-state index contributed by atoms with van der Waals surface area (Å²) in [7, 11) is 1.94. The van der Waals surface area contributed by atoms with E-state index in [4.69, 9.17) is 19.6 Å². The topological polar surface area (TPSA) is 164 Å². The number of imide groups is 1. The molecule has 390 valence electrons. The van der Waals surface area contributed by atoms with E-state index in [1.807, 2.05) is 112 Å². The molecule has 0 saturated carbocycles. The molecule has 3 aliphatic heterocycles. The van der Waals surface area contributed by atoms with E-state index >= 15 is 0 Å². The number of benzene rings is 4. The van der Waals surface area contributed by atoms with Crippen molar-refractivity contribution >= 4 is 72.8 Å². The van der Waals surface area contributed by atoms with E-state index in [0.29, 0.717) is 61.0 Å². The number of piperidine rings is 1. The first-order chi connectivity index (χ1) is 36.3. The Morgan fingerprint density at radius 2 is 1.57 bits per heavy atom. The van der Waals surface area contributed by atoms with Gasteiger partial charge in [-0.15, -0.1) is 0 Å². The van der Waals surface area contributed by atoms with Crippen molar-refractivity contribution < 1.29 is 28.7 Å². The molecular weight excluding hydrogens is 963 g/mol. The molecule has 75 heavy (non-hydrogen) atoms. The highest BCUT2D eigenvalue weighted by atomic mass is 32.1. The predicted molar refractivity (Wildman–Crippen MR) is 296 cm³/mol. The van der Waals surface area contributed by atoms with Crippen molar-refractivity contribution in [3.05, 3.63) is 125 Å². The van der Waals surface area contributed by atoms with Crippen molar-refractivity contribution in [1.82, 2.24) is 30.0 Å². The lowest BCUT2D eigenvalue weighted by molar-refractivity contribution is -0.134. The molecule has 0 radical (unpaired) electrons. The molecule has 10 rings (SSSR count). The number of aryl methyl sites for hydroxylation is 1. The number of unbranched alkanes of at least 4 members (excludes halogenated alkanes) is 5. The van der Waals surface area contributed by atoms with Crippen LogP contribution in [0, 0.1) is 6.92 Å². The van der Waals surface area contributed by atoms with Gasteiger partial charge in [0, 0.05) is 69.3 Å². The number of hydrogen-bond acceptors (Lipinski definition) is 13. The Hall–Kier alpha value is -7.17. The highest BCUT2D eigenvalue weighted by Gasteiger charge is 2.33. The number of rotatable bonds is 17. The largest absolute Gasteiger partial charge is 0.493 e. The van der Waals surface area contributed by atoms with Gasteiger partial charge in [0.1, 0.15) is 17.2 Å². The van der Waals surface area contributed by atoms with Crippen LogP contribution in [0.4, 0.5) is 16.6 Å². The molecule has 15 nitrogen and oxygen atoms in total. The molecule has 2 saturated heterocycles. The number of piperazine rings is 1. The maximum Gasteiger partial charge on any atom is 0.358 e. The number of hydrogen-bond donors (Lipinski definition) is 2. The van der Waals surface area contributed by atoms with E-state index < -0.39 is 17.5 Å². The van der Waals surface area contributed by atoms with E-state index in [2.05, 4.69) is 48.5 Å². The van der Waals surface area contributed by atoms with Gasteiger partial charge in [0.2, 0.25) is 11.8 Å². The third-order valence-electron chi connectivity index (χ3n) is 14.7. The highest BCUT2D eigenvalue weighted by Crippen LogP contribution is 2.37. The molecule has 3 aliphatic rings. The number of nitrogens with zero attached hydrogens (tertiary/aromatic N) is 7. The summed E-state index contributed by atoms with van der Waals surface area (Å²) < 4.78 is 15.3. The van der Waals surface area contributed by atoms with Crippen molar-refractivity contribution in [2.45, 2.75) is 104 Å². The number of aromatic nitrogens is 4. The molecule has 4 aromatic carbocycles. The minimum atomic E-state index is -0.730. The third kappa shape index (κ3) is 11.6. The molecule has 0 spiro atoms. The van der Waals surface area contributed by atoms with Gasteiger partial charge in [-0.25, -0.2) is 14.8 Å². The average Bonchev–Trinajstić information content (AvgIpc) is 4.00. The Kier molecular flexibility index (Phi) is 15.3. The monoisotopic (exact) mass is 1030 g/mol. The Balaban J connectivity index is 0.703. The van der Waals surface area contributed by atoms with Gasteiger partial charge in [-0.05, 0) is 125 Å². The van der Waals surface area contributed by atoms with Crippen LogP contribution in [-0.2, 0) is 34.3 Å². The number of fused-ring (bicyclic) bond motifs is 3. The number of ether oxygens (including phenoxy) is 2. The number of para-hydroxylation sites is 2. The molecule has 1 unspecified atom stereocenters. The van der Waals surface area contributed by atoms with Crippen molar-refractivity contribution in [2.24, 2.45) is 7.05 Å². The van der Waals surface area contributed by atoms with E-state index in [0.717, 1.165) is 112 Å². The summed E-state index contributed by atoms with van der Waals surface area (Å²) in [6.45, 7) is 14.3. The summed E-state index contributed by atoms with van der Waals surface area (Å²) in [5.41, 5.74) is 8.39. The number of carbonyl (C=O) groups excluding carboxylic acids is 4. The maximum atomic E-state index is 14.0. The van der Waals surface area contributed by atoms with Crippen LogP contribution in [0.2, 0.25) is 0 Å². The Labute approximate surface area is 442 Å². The van der Waals surface area contributed by atoms with Gasteiger partial charge in [-0.3, -0.25) is 34.6 Å². The highest BCUT2D eigenvalue weighted by molar-refractivity contribution is 7.22. The number of thiazole rings is 1. The minimum absolute atomic E-state index is 0.207. The van der Waals surface area contributed by atoms with Gasteiger partial charge < -0.3 is 19.3 Å². The molecule has 3 aromatic heterocycles. The number of nitrogens with one attached hydrogen (secondary N) is 2. The van der Waals surface area contributed by atoms with E-state index in [1.54, 1.807) is 0 Å². The molecule has 2 N–H and O–H groups in total. The zero-order chi connectivity index (χ0) is 52.2. The normalized spacial score (nSPS) is 16.3. The lowest BCUT2D eigenvalue weighted by Gasteiger charge is -2.36. The van der Waals surface area contributed by atoms with Crippen LogP contribution in [0.3, 0.4) is 0 Å². The van der Waals surface area contributed by atoms with Gasteiger partial charge in [-0.2, -0.15) is 5.10 Å². The number of esters is 1. The number of anilines is 3. The summed E-state index contributed by atoms with van der Waals surface area (Å²) in [6.07, 6.45) is 8.29. The van der Waals surface area contributed by atoms with Crippen LogP contribution >= 0.6 is 11.3 Å². The molecular formula is C59H67N9O6S. The van der Waals surface area contributed by atoms with E-state index in [-0.39, 0.29) is 23.4 Å².